The number of alkyl halides is 2. The number of nitrogens with zero attached hydrogens (tertiary/aromatic N) is 1. The van der Waals surface area contributed by atoms with Crippen molar-refractivity contribution in [3.05, 3.63) is 54.4 Å². The number of amides is 1. The minimum atomic E-state index is -2.88. The van der Waals surface area contributed by atoms with Crippen LogP contribution in [0.1, 0.15) is 10.4 Å². The van der Waals surface area contributed by atoms with Crippen LogP contribution in [0.25, 0.3) is 0 Å². The number of aromatic nitrogens is 1. The van der Waals surface area contributed by atoms with E-state index in [0.29, 0.717) is 11.3 Å². The Morgan fingerprint density at radius 2 is 1.74 bits per heavy atom. The first-order chi connectivity index (χ1) is 9.15. The Morgan fingerprint density at radius 1 is 1.11 bits per heavy atom. The van der Waals surface area contributed by atoms with Gasteiger partial charge in [0.1, 0.15) is 5.75 Å². The van der Waals surface area contributed by atoms with Gasteiger partial charge in [0, 0.05) is 23.6 Å². The number of carbonyl (C=O) groups excluding carboxylic acids is 1. The number of halogens is 2. The molecule has 0 radical (unpaired) electrons. The van der Waals surface area contributed by atoms with Crippen LogP contribution in [0.5, 0.6) is 5.75 Å². The molecule has 0 saturated heterocycles. The Labute approximate surface area is 108 Å². The van der Waals surface area contributed by atoms with E-state index >= 15 is 0 Å². The molecule has 0 fully saturated rings. The molecule has 0 aliphatic heterocycles. The predicted octanol–water partition coefficient (Wildman–Crippen LogP) is 2.94. The van der Waals surface area contributed by atoms with Crippen LogP contribution in [0.4, 0.5) is 14.5 Å². The summed E-state index contributed by atoms with van der Waals surface area (Å²) in [6, 6.07) is 8.74. The number of benzene rings is 1. The van der Waals surface area contributed by atoms with Crippen molar-refractivity contribution >= 4 is 11.6 Å². The highest BCUT2D eigenvalue weighted by Gasteiger charge is 2.08. The van der Waals surface area contributed by atoms with Crippen molar-refractivity contribution < 1.29 is 18.3 Å². The molecule has 1 N–H and O–H groups in total. The van der Waals surface area contributed by atoms with Gasteiger partial charge in [-0.25, -0.2) is 0 Å². The molecule has 1 aromatic carbocycles. The maximum Gasteiger partial charge on any atom is 0.387 e. The van der Waals surface area contributed by atoms with E-state index in [0.717, 1.165) is 0 Å². The standard InChI is InChI=1S/C13H10F2N2O2/c14-13(15)19-11-3-1-9(2-4-11)12(18)17-10-5-7-16-8-6-10/h1-8,13H,(H,16,17,18). The van der Waals surface area contributed by atoms with Crippen LogP contribution in [0.3, 0.4) is 0 Å². The summed E-state index contributed by atoms with van der Waals surface area (Å²) in [5.41, 5.74) is 0.950. The average Bonchev–Trinajstić information content (AvgIpc) is 2.40. The second kappa shape index (κ2) is 5.90. The fourth-order valence-electron chi connectivity index (χ4n) is 1.43. The van der Waals surface area contributed by atoms with Gasteiger partial charge in [-0.1, -0.05) is 0 Å². The van der Waals surface area contributed by atoms with Crippen LogP contribution >= 0.6 is 0 Å². The topological polar surface area (TPSA) is 51.2 Å². The van der Waals surface area contributed by atoms with Gasteiger partial charge in [-0.3, -0.25) is 9.78 Å². The molecule has 98 valence electrons. The van der Waals surface area contributed by atoms with Crippen LogP contribution in [0, 0.1) is 0 Å². The molecule has 2 rings (SSSR count). The molecule has 0 aliphatic rings. The summed E-state index contributed by atoms with van der Waals surface area (Å²) in [6.45, 7) is -2.88. The zero-order valence-corrected chi connectivity index (χ0v) is 9.72. The smallest absolute Gasteiger partial charge is 0.387 e. The van der Waals surface area contributed by atoms with Crippen molar-refractivity contribution in [1.82, 2.24) is 4.98 Å². The lowest BCUT2D eigenvalue weighted by molar-refractivity contribution is -0.0498. The molecule has 1 heterocycles. The second-order valence-electron chi connectivity index (χ2n) is 3.59. The highest BCUT2D eigenvalue weighted by Crippen LogP contribution is 2.16. The first-order valence-electron chi connectivity index (χ1n) is 5.41. The van der Waals surface area contributed by atoms with Crippen molar-refractivity contribution in [2.75, 3.05) is 5.32 Å². The molecule has 1 aromatic heterocycles. The zero-order valence-electron chi connectivity index (χ0n) is 9.72. The van der Waals surface area contributed by atoms with E-state index in [1.54, 1.807) is 24.5 Å². The minimum Gasteiger partial charge on any atom is -0.435 e. The van der Waals surface area contributed by atoms with Crippen LogP contribution in [-0.2, 0) is 0 Å². The van der Waals surface area contributed by atoms with Crippen molar-refractivity contribution in [2.45, 2.75) is 6.61 Å². The third kappa shape index (κ3) is 3.74. The van der Waals surface area contributed by atoms with Gasteiger partial charge in [-0.15, -0.1) is 0 Å². The van der Waals surface area contributed by atoms with Gasteiger partial charge in [-0.05, 0) is 36.4 Å². The number of hydrogen-bond acceptors (Lipinski definition) is 3. The summed E-state index contributed by atoms with van der Waals surface area (Å²) in [5.74, 6) is -0.328. The lowest BCUT2D eigenvalue weighted by Crippen LogP contribution is -2.11. The molecule has 6 heteroatoms. The number of hydrogen-bond donors (Lipinski definition) is 1. The number of ether oxygens (including phenoxy) is 1. The van der Waals surface area contributed by atoms with E-state index in [9.17, 15) is 13.6 Å². The van der Waals surface area contributed by atoms with E-state index < -0.39 is 6.61 Å². The molecule has 4 nitrogen and oxygen atoms in total. The summed E-state index contributed by atoms with van der Waals surface area (Å²) in [7, 11) is 0. The molecule has 0 unspecified atom stereocenters. The van der Waals surface area contributed by atoms with Crippen LogP contribution < -0.4 is 10.1 Å². The van der Waals surface area contributed by atoms with Crippen molar-refractivity contribution in [1.29, 1.82) is 0 Å². The third-order valence-corrected chi connectivity index (χ3v) is 2.28. The summed E-state index contributed by atoms with van der Waals surface area (Å²) in [5, 5.41) is 2.65. The molecule has 0 aliphatic carbocycles. The monoisotopic (exact) mass is 264 g/mol. The van der Waals surface area contributed by atoms with Crippen molar-refractivity contribution in [3.8, 4) is 5.75 Å². The lowest BCUT2D eigenvalue weighted by atomic mass is 10.2. The van der Waals surface area contributed by atoms with Gasteiger partial charge >= 0.3 is 6.61 Å². The molecule has 2 aromatic rings. The zero-order chi connectivity index (χ0) is 13.7. The minimum absolute atomic E-state index is 0.00969. The fraction of sp³-hybridized carbons (Fsp3) is 0.0769. The van der Waals surface area contributed by atoms with Gasteiger partial charge in [0.15, 0.2) is 0 Å². The molecular formula is C13H10F2N2O2. The van der Waals surface area contributed by atoms with E-state index in [1.807, 2.05) is 0 Å². The molecule has 0 bridgehead atoms. The van der Waals surface area contributed by atoms with Crippen molar-refractivity contribution in [2.24, 2.45) is 0 Å². The number of carbonyl (C=O) groups is 1. The van der Waals surface area contributed by atoms with Crippen LogP contribution in [-0.4, -0.2) is 17.5 Å². The maximum atomic E-state index is 12.0. The Hall–Kier alpha value is -2.50. The number of nitrogens with one attached hydrogen (secondary N) is 1. The highest BCUT2D eigenvalue weighted by molar-refractivity contribution is 6.04. The van der Waals surface area contributed by atoms with Crippen LogP contribution in [0.2, 0.25) is 0 Å². The van der Waals surface area contributed by atoms with E-state index in [2.05, 4.69) is 15.0 Å². The quantitative estimate of drug-likeness (QED) is 0.923. The Balaban J connectivity index is 2.04. The molecule has 0 atom stereocenters. The lowest BCUT2D eigenvalue weighted by Gasteiger charge is -2.06. The summed E-state index contributed by atoms with van der Waals surface area (Å²) >= 11 is 0. The van der Waals surface area contributed by atoms with E-state index in [1.165, 1.54) is 24.3 Å². The average molecular weight is 264 g/mol. The van der Waals surface area contributed by atoms with Gasteiger partial charge in [0.2, 0.25) is 0 Å². The van der Waals surface area contributed by atoms with E-state index in [-0.39, 0.29) is 11.7 Å². The Morgan fingerprint density at radius 3 is 2.32 bits per heavy atom. The number of rotatable bonds is 4. The van der Waals surface area contributed by atoms with E-state index in [4.69, 9.17) is 0 Å². The second-order valence-corrected chi connectivity index (χ2v) is 3.59. The Kier molecular flexibility index (Phi) is 4.02. The maximum absolute atomic E-state index is 12.0. The normalized spacial score (nSPS) is 10.3. The molecule has 1 amide bonds. The summed E-state index contributed by atoms with van der Waals surface area (Å²) in [6.07, 6.45) is 3.10. The number of anilines is 1. The summed E-state index contributed by atoms with van der Waals surface area (Å²) < 4.78 is 28.1. The number of pyridine rings is 1. The van der Waals surface area contributed by atoms with Gasteiger partial charge in [-0.2, -0.15) is 8.78 Å². The molecular weight excluding hydrogens is 254 g/mol. The van der Waals surface area contributed by atoms with Gasteiger partial charge in [0.25, 0.3) is 5.91 Å². The largest absolute Gasteiger partial charge is 0.435 e. The highest BCUT2D eigenvalue weighted by atomic mass is 19.3. The first kappa shape index (κ1) is 12.9. The van der Waals surface area contributed by atoms with Gasteiger partial charge in [0.05, 0.1) is 0 Å². The molecule has 0 saturated carbocycles. The fourth-order valence-corrected chi connectivity index (χ4v) is 1.43. The Bertz CT molecular complexity index is 544. The molecule has 0 spiro atoms. The van der Waals surface area contributed by atoms with Gasteiger partial charge < -0.3 is 10.1 Å². The van der Waals surface area contributed by atoms with Crippen LogP contribution in [0.15, 0.2) is 48.8 Å². The molecule has 19 heavy (non-hydrogen) atoms. The third-order valence-electron chi connectivity index (χ3n) is 2.28. The SMILES string of the molecule is O=C(Nc1ccncc1)c1ccc(OC(F)F)cc1. The predicted molar refractivity (Wildman–Crippen MR) is 65.3 cm³/mol. The van der Waals surface area contributed by atoms with Crippen molar-refractivity contribution in [3.63, 3.8) is 0 Å². The summed E-state index contributed by atoms with van der Waals surface area (Å²) in [4.78, 5) is 15.7. The first-order valence-corrected chi connectivity index (χ1v) is 5.41.